The number of aliphatic hydroxyl groups is 3. The first-order valence-corrected chi connectivity index (χ1v) is 4.50. The van der Waals surface area contributed by atoms with E-state index in [9.17, 15) is 19.8 Å². The fourth-order valence-electron chi connectivity index (χ4n) is 0.671. The van der Waals surface area contributed by atoms with Crippen LogP contribution in [0.4, 0.5) is 0 Å². The second-order valence-electron chi connectivity index (χ2n) is 3.17. The van der Waals surface area contributed by atoms with Crippen molar-refractivity contribution in [1.29, 1.82) is 0 Å². The van der Waals surface area contributed by atoms with E-state index in [2.05, 4.69) is 22.6 Å². The van der Waals surface area contributed by atoms with Gasteiger partial charge in [-0.05, 0) is 6.92 Å². The van der Waals surface area contributed by atoms with Crippen molar-refractivity contribution < 1.29 is 34.4 Å². The zero-order valence-corrected chi connectivity index (χ0v) is 9.25. The Balaban J connectivity index is 4.73. The minimum Gasteiger partial charge on any atom is -0.425 e. The molecule has 0 aliphatic rings. The van der Waals surface area contributed by atoms with E-state index in [1.807, 2.05) is 0 Å². The lowest BCUT2D eigenvalue weighted by Crippen LogP contribution is -2.51. The third-order valence-electron chi connectivity index (χ3n) is 1.62. The molecule has 0 fully saturated rings. The van der Waals surface area contributed by atoms with Crippen molar-refractivity contribution in [3.8, 4) is 0 Å². The Labute approximate surface area is 97.6 Å². The Bertz CT molecular complexity index is 336. The third-order valence-corrected chi connectivity index (χ3v) is 1.62. The van der Waals surface area contributed by atoms with Crippen LogP contribution >= 0.6 is 0 Å². The van der Waals surface area contributed by atoms with E-state index in [1.54, 1.807) is 0 Å². The molecule has 0 aliphatic carbocycles. The summed E-state index contributed by atoms with van der Waals surface area (Å²) in [6.45, 7) is 6.44. The second kappa shape index (κ2) is 6.14. The fraction of sp³-hybridized carbons (Fsp3) is 0.400. The van der Waals surface area contributed by atoms with Gasteiger partial charge in [-0.1, -0.05) is 13.2 Å². The normalized spacial score (nSPS) is 15.3. The first-order valence-electron chi connectivity index (χ1n) is 4.50. The van der Waals surface area contributed by atoms with Crippen LogP contribution in [-0.2, 0) is 19.1 Å². The third kappa shape index (κ3) is 4.35. The maximum absolute atomic E-state index is 11.0. The van der Waals surface area contributed by atoms with Crippen molar-refractivity contribution in [3.63, 3.8) is 0 Å². The van der Waals surface area contributed by atoms with Gasteiger partial charge in [0.1, 0.15) is 6.61 Å². The summed E-state index contributed by atoms with van der Waals surface area (Å²) in [4.78, 5) is 21.9. The molecule has 17 heavy (non-hydrogen) atoms. The smallest absolute Gasteiger partial charge is 0.335 e. The molecule has 2 atom stereocenters. The number of carbonyl (C=O) groups excluding carboxylic acids is 2. The fourth-order valence-corrected chi connectivity index (χ4v) is 0.671. The molecule has 0 radical (unpaired) electrons. The van der Waals surface area contributed by atoms with Gasteiger partial charge < -0.3 is 24.8 Å². The van der Waals surface area contributed by atoms with Crippen LogP contribution in [0, 0.1) is 0 Å². The van der Waals surface area contributed by atoms with Crippen LogP contribution < -0.4 is 0 Å². The highest BCUT2D eigenvalue weighted by atomic mass is 16.7. The lowest BCUT2D eigenvalue weighted by atomic mass is 10.3. The Kier molecular flexibility index (Phi) is 5.52. The van der Waals surface area contributed by atoms with E-state index in [0.717, 1.165) is 0 Å². The summed E-state index contributed by atoms with van der Waals surface area (Å²) in [5, 5.41) is 27.7. The first kappa shape index (κ1) is 15.3. The number of carbonyl (C=O) groups is 2. The van der Waals surface area contributed by atoms with Crippen LogP contribution in [0.15, 0.2) is 24.8 Å². The van der Waals surface area contributed by atoms with Crippen molar-refractivity contribution in [2.75, 3.05) is 6.61 Å². The Morgan fingerprint density at radius 1 is 1.53 bits per heavy atom. The van der Waals surface area contributed by atoms with Gasteiger partial charge >= 0.3 is 11.9 Å². The summed E-state index contributed by atoms with van der Waals surface area (Å²) in [5.74, 6) is -4.87. The van der Waals surface area contributed by atoms with Crippen LogP contribution in [0.25, 0.3) is 0 Å². The highest BCUT2D eigenvalue weighted by Gasteiger charge is 2.42. The van der Waals surface area contributed by atoms with Gasteiger partial charge in [0.15, 0.2) is 0 Å². The van der Waals surface area contributed by atoms with Gasteiger partial charge in [0, 0.05) is 11.6 Å². The van der Waals surface area contributed by atoms with Crippen LogP contribution in [0.1, 0.15) is 6.92 Å². The first-order chi connectivity index (χ1) is 7.76. The van der Waals surface area contributed by atoms with Gasteiger partial charge in [-0.15, -0.1) is 0 Å². The van der Waals surface area contributed by atoms with E-state index in [0.29, 0.717) is 6.08 Å². The van der Waals surface area contributed by atoms with Crippen LogP contribution in [0.2, 0.25) is 0 Å². The topological polar surface area (TPSA) is 113 Å². The van der Waals surface area contributed by atoms with Gasteiger partial charge in [0.25, 0.3) is 12.1 Å². The number of ether oxygens (including phenoxy) is 2. The predicted molar refractivity (Wildman–Crippen MR) is 55.2 cm³/mol. The molecule has 0 aromatic rings. The van der Waals surface area contributed by atoms with E-state index in [4.69, 9.17) is 5.11 Å². The molecule has 2 unspecified atom stereocenters. The Morgan fingerprint density at radius 3 is 2.41 bits per heavy atom. The van der Waals surface area contributed by atoms with Crippen molar-refractivity contribution in [3.05, 3.63) is 24.8 Å². The summed E-state index contributed by atoms with van der Waals surface area (Å²) >= 11 is 0. The van der Waals surface area contributed by atoms with Crippen molar-refractivity contribution in [1.82, 2.24) is 0 Å². The monoisotopic (exact) mass is 246 g/mol. The molecule has 0 aromatic carbocycles. The van der Waals surface area contributed by atoms with Crippen LogP contribution in [0.5, 0.6) is 0 Å². The highest BCUT2D eigenvalue weighted by Crippen LogP contribution is 2.15. The molecule has 0 rings (SSSR count). The average Bonchev–Trinajstić information content (AvgIpc) is 2.28. The molecule has 0 aliphatic heterocycles. The van der Waals surface area contributed by atoms with E-state index in [1.165, 1.54) is 6.92 Å². The predicted octanol–water partition coefficient (Wildman–Crippen LogP) is -1.17. The summed E-state index contributed by atoms with van der Waals surface area (Å²) in [6, 6.07) is 0. The van der Waals surface area contributed by atoms with Crippen molar-refractivity contribution >= 4 is 11.9 Å². The maximum atomic E-state index is 11.0. The number of hydrogen-bond acceptors (Lipinski definition) is 7. The van der Waals surface area contributed by atoms with Crippen molar-refractivity contribution in [2.24, 2.45) is 0 Å². The molecule has 7 nitrogen and oxygen atoms in total. The molecule has 3 N–H and O–H groups in total. The summed E-state index contributed by atoms with van der Waals surface area (Å²) in [5.41, 5.74) is -0.0422. The highest BCUT2D eigenvalue weighted by molar-refractivity contribution is 5.87. The SMILES string of the molecule is C=CC(=O)OC(O)(CO)C(O)OC(=O)C(=C)C. The lowest BCUT2D eigenvalue weighted by molar-refractivity contribution is -0.310. The Hall–Kier alpha value is -1.70. The number of rotatable bonds is 6. The summed E-state index contributed by atoms with van der Waals surface area (Å²) in [6.07, 6.45) is -1.55. The van der Waals surface area contributed by atoms with Gasteiger partial charge in [0.05, 0.1) is 0 Å². The van der Waals surface area contributed by atoms with E-state index in [-0.39, 0.29) is 5.57 Å². The summed E-state index contributed by atoms with van der Waals surface area (Å²) < 4.78 is 8.58. The molecular formula is C10H14O7. The minimum atomic E-state index is -2.75. The molecule has 0 saturated heterocycles. The second-order valence-corrected chi connectivity index (χ2v) is 3.17. The Morgan fingerprint density at radius 2 is 2.06 bits per heavy atom. The van der Waals surface area contributed by atoms with Crippen molar-refractivity contribution in [2.45, 2.75) is 19.0 Å². The number of hydrogen-bond donors (Lipinski definition) is 3. The van der Waals surface area contributed by atoms with E-state index < -0.39 is 30.6 Å². The molecule has 0 spiro atoms. The molecule has 0 aromatic heterocycles. The zero-order chi connectivity index (χ0) is 13.6. The van der Waals surface area contributed by atoms with Gasteiger partial charge in [0.2, 0.25) is 0 Å². The molecular weight excluding hydrogens is 232 g/mol. The van der Waals surface area contributed by atoms with Crippen LogP contribution in [-0.4, -0.2) is 45.9 Å². The minimum absolute atomic E-state index is 0.0422. The average molecular weight is 246 g/mol. The molecule has 0 heterocycles. The molecule has 0 bridgehead atoms. The van der Waals surface area contributed by atoms with Crippen LogP contribution in [0.3, 0.4) is 0 Å². The standard InChI is InChI=1S/C10H14O7/c1-4-7(12)17-10(15,5-11)9(14)16-8(13)6(2)3/h4,9,11,14-15H,1-2,5H2,3H3. The molecule has 96 valence electrons. The van der Waals surface area contributed by atoms with Gasteiger partial charge in [-0.25, -0.2) is 9.59 Å². The zero-order valence-electron chi connectivity index (χ0n) is 9.25. The molecule has 0 saturated carbocycles. The maximum Gasteiger partial charge on any atom is 0.335 e. The summed E-state index contributed by atoms with van der Waals surface area (Å²) in [7, 11) is 0. The lowest BCUT2D eigenvalue weighted by Gasteiger charge is -2.29. The quantitative estimate of drug-likeness (QED) is 0.307. The molecule has 7 heteroatoms. The molecule has 0 amide bonds. The van der Waals surface area contributed by atoms with E-state index >= 15 is 0 Å². The van der Waals surface area contributed by atoms with Gasteiger partial charge in [-0.3, -0.25) is 0 Å². The van der Waals surface area contributed by atoms with Gasteiger partial charge in [-0.2, -0.15) is 0 Å². The number of esters is 2. The number of aliphatic hydroxyl groups excluding tert-OH is 2. The largest absolute Gasteiger partial charge is 0.425 e.